The van der Waals surface area contributed by atoms with Gasteiger partial charge in [0, 0.05) is 18.4 Å². The van der Waals surface area contributed by atoms with Gasteiger partial charge in [-0.25, -0.2) is 0 Å². The number of anilines is 2. The van der Waals surface area contributed by atoms with Gasteiger partial charge in [0.1, 0.15) is 5.82 Å². The van der Waals surface area contributed by atoms with Crippen LogP contribution in [0.5, 0.6) is 0 Å². The lowest BCUT2D eigenvalue weighted by molar-refractivity contribution is 0.191. The number of aromatic nitrogens is 2. The Bertz CT molecular complexity index is 458. The summed E-state index contributed by atoms with van der Waals surface area (Å²) in [6, 6.07) is 10.7. The summed E-state index contributed by atoms with van der Waals surface area (Å²) >= 11 is 0. The van der Waals surface area contributed by atoms with Crippen molar-refractivity contribution in [1.29, 1.82) is 0 Å². The fourth-order valence-corrected chi connectivity index (χ4v) is 1.43. The largest absolute Gasteiger partial charge is 0.399 e. The van der Waals surface area contributed by atoms with Crippen molar-refractivity contribution in [3.63, 3.8) is 0 Å². The Labute approximate surface area is 99.3 Å². The van der Waals surface area contributed by atoms with Gasteiger partial charge >= 0.3 is 0 Å². The Morgan fingerprint density at radius 2 is 2.00 bits per heavy atom. The molecule has 0 spiro atoms. The Balaban J connectivity index is 1.93. The number of aliphatic hydroxyl groups is 1. The first-order valence-electron chi connectivity index (χ1n) is 5.31. The maximum Gasteiger partial charge on any atom is 0.148 e. The van der Waals surface area contributed by atoms with Gasteiger partial charge in [-0.2, -0.15) is 5.10 Å². The summed E-state index contributed by atoms with van der Waals surface area (Å²) in [5.41, 5.74) is 7.07. The van der Waals surface area contributed by atoms with Crippen LogP contribution in [0.3, 0.4) is 0 Å². The average Bonchev–Trinajstić information content (AvgIpc) is 2.38. The van der Waals surface area contributed by atoms with E-state index in [0.29, 0.717) is 18.1 Å². The molecule has 0 aliphatic heterocycles. The first-order valence-corrected chi connectivity index (χ1v) is 5.31. The van der Waals surface area contributed by atoms with Gasteiger partial charge in [0.25, 0.3) is 0 Å². The number of nitrogens with one attached hydrogen (secondary N) is 1. The Kier molecular flexibility index (Phi) is 3.52. The van der Waals surface area contributed by atoms with Crippen LogP contribution in [-0.4, -0.2) is 21.8 Å². The zero-order chi connectivity index (χ0) is 12.1. The zero-order valence-corrected chi connectivity index (χ0v) is 9.24. The predicted molar refractivity (Wildman–Crippen MR) is 66.3 cm³/mol. The van der Waals surface area contributed by atoms with E-state index in [1.165, 1.54) is 0 Å². The van der Waals surface area contributed by atoms with Crippen molar-refractivity contribution in [3.8, 4) is 0 Å². The van der Waals surface area contributed by atoms with Crippen molar-refractivity contribution in [2.45, 2.75) is 6.10 Å². The highest BCUT2D eigenvalue weighted by atomic mass is 16.3. The highest BCUT2D eigenvalue weighted by Gasteiger charge is 2.06. The molecular formula is C12H14N4O. The molecule has 0 fully saturated rings. The van der Waals surface area contributed by atoms with Gasteiger partial charge < -0.3 is 16.2 Å². The van der Waals surface area contributed by atoms with Crippen LogP contribution in [0.2, 0.25) is 0 Å². The van der Waals surface area contributed by atoms with Gasteiger partial charge in [-0.1, -0.05) is 12.1 Å². The Hall–Kier alpha value is -2.14. The van der Waals surface area contributed by atoms with Crippen molar-refractivity contribution in [3.05, 3.63) is 48.2 Å². The Morgan fingerprint density at radius 3 is 2.65 bits per heavy atom. The van der Waals surface area contributed by atoms with E-state index in [2.05, 4.69) is 15.5 Å². The second-order valence-electron chi connectivity index (χ2n) is 3.67. The second-order valence-corrected chi connectivity index (χ2v) is 3.67. The molecule has 17 heavy (non-hydrogen) atoms. The molecule has 0 aliphatic rings. The highest BCUT2D eigenvalue weighted by Crippen LogP contribution is 2.15. The maximum atomic E-state index is 9.92. The minimum Gasteiger partial charge on any atom is -0.399 e. The number of nitrogens with two attached hydrogens (primary N) is 1. The minimum absolute atomic E-state index is 0.378. The van der Waals surface area contributed by atoms with Gasteiger partial charge in [0.2, 0.25) is 0 Å². The van der Waals surface area contributed by atoms with Crippen LogP contribution < -0.4 is 11.1 Å². The normalized spacial score (nSPS) is 12.1. The van der Waals surface area contributed by atoms with Crippen LogP contribution in [0.15, 0.2) is 42.6 Å². The summed E-state index contributed by atoms with van der Waals surface area (Å²) in [4.78, 5) is 0. The van der Waals surface area contributed by atoms with E-state index in [4.69, 9.17) is 5.73 Å². The SMILES string of the molecule is Nc1ccc(C(O)CNc2cccnn2)cc1. The number of aliphatic hydroxyl groups excluding tert-OH is 1. The van der Waals surface area contributed by atoms with E-state index in [1.54, 1.807) is 42.6 Å². The molecule has 0 saturated heterocycles. The summed E-state index contributed by atoms with van der Waals surface area (Å²) < 4.78 is 0. The van der Waals surface area contributed by atoms with E-state index >= 15 is 0 Å². The van der Waals surface area contributed by atoms with Gasteiger partial charge in [-0.05, 0) is 29.8 Å². The van der Waals surface area contributed by atoms with Gasteiger partial charge in [-0.3, -0.25) is 0 Å². The summed E-state index contributed by atoms with van der Waals surface area (Å²) in [6.45, 7) is 0.378. The minimum atomic E-state index is -0.599. The monoisotopic (exact) mass is 230 g/mol. The van der Waals surface area contributed by atoms with Crippen molar-refractivity contribution in [2.75, 3.05) is 17.6 Å². The number of hydrogen-bond donors (Lipinski definition) is 3. The standard InChI is InChI=1S/C12H14N4O/c13-10-5-3-9(4-6-10)11(17)8-14-12-2-1-7-15-16-12/h1-7,11,17H,8,13H2,(H,14,16). The predicted octanol–water partition coefficient (Wildman–Crippen LogP) is 1.20. The third kappa shape index (κ3) is 3.15. The lowest BCUT2D eigenvalue weighted by Gasteiger charge is -2.12. The molecule has 0 bridgehead atoms. The number of benzene rings is 1. The zero-order valence-electron chi connectivity index (χ0n) is 9.24. The molecule has 0 aliphatic carbocycles. The number of rotatable bonds is 4. The highest BCUT2D eigenvalue weighted by molar-refractivity contribution is 5.40. The van der Waals surface area contributed by atoms with Crippen LogP contribution >= 0.6 is 0 Å². The van der Waals surface area contributed by atoms with Crippen LogP contribution in [0.4, 0.5) is 11.5 Å². The van der Waals surface area contributed by atoms with E-state index in [1.807, 2.05) is 0 Å². The summed E-state index contributed by atoms with van der Waals surface area (Å²) in [5.74, 6) is 0.641. The van der Waals surface area contributed by atoms with Crippen molar-refractivity contribution in [1.82, 2.24) is 10.2 Å². The van der Waals surface area contributed by atoms with Gasteiger partial charge in [-0.15, -0.1) is 5.10 Å². The summed E-state index contributed by atoms with van der Waals surface area (Å²) in [7, 11) is 0. The molecule has 1 unspecified atom stereocenters. The topological polar surface area (TPSA) is 84.1 Å². The molecule has 1 atom stereocenters. The molecule has 1 heterocycles. The summed E-state index contributed by atoms with van der Waals surface area (Å²) in [5, 5.41) is 20.5. The van der Waals surface area contributed by atoms with E-state index in [0.717, 1.165) is 5.56 Å². The molecule has 0 saturated carbocycles. The molecular weight excluding hydrogens is 216 g/mol. The number of nitrogen functional groups attached to an aromatic ring is 1. The molecule has 5 heteroatoms. The molecule has 2 aromatic rings. The molecule has 2 rings (SSSR count). The smallest absolute Gasteiger partial charge is 0.148 e. The fourth-order valence-electron chi connectivity index (χ4n) is 1.43. The van der Waals surface area contributed by atoms with Crippen molar-refractivity contribution < 1.29 is 5.11 Å². The van der Waals surface area contributed by atoms with Crippen LogP contribution in [0.25, 0.3) is 0 Å². The quantitative estimate of drug-likeness (QED) is 0.687. The van der Waals surface area contributed by atoms with Crippen molar-refractivity contribution in [2.24, 2.45) is 0 Å². The van der Waals surface area contributed by atoms with Crippen molar-refractivity contribution >= 4 is 11.5 Å². The van der Waals surface area contributed by atoms with E-state index < -0.39 is 6.10 Å². The molecule has 88 valence electrons. The summed E-state index contributed by atoms with van der Waals surface area (Å²) in [6.07, 6.45) is 0.999. The molecule has 0 radical (unpaired) electrons. The second kappa shape index (κ2) is 5.27. The van der Waals surface area contributed by atoms with Crippen LogP contribution in [-0.2, 0) is 0 Å². The number of nitrogens with zero attached hydrogens (tertiary/aromatic N) is 2. The Morgan fingerprint density at radius 1 is 1.24 bits per heavy atom. The molecule has 0 amide bonds. The van der Waals surface area contributed by atoms with E-state index in [-0.39, 0.29) is 0 Å². The first-order chi connectivity index (χ1) is 8.25. The average molecular weight is 230 g/mol. The fraction of sp³-hybridized carbons (Fsp3) is 0.167. The third-order valence-corrected chi connectivity index (χ3v) is 2.37. The maximum absolute atomic E-state index is 9.92. The van der Waals surface area contributed by atoms with E-state index in [9.17, 15) is 5.11 Å². The molecule has 1 aromatic carbocycles. The van der Waals surface area contributed by atoms with Crippen LogP contribution in [0, 0.1) is 0 Å². The third-order valence-electron chi connectivity index (χ3n) is 2.37. The lowest BCUT2D eigenvalue weighted by atomic mass is 10.1. The molecule has 1 aromatic heterocycles. The van der Waals surface area contributed by atoms with Crippen LogP contribution in [0.1, 0.15) is 11.7 Å². The first kappa shape index (κ1) is 11.3. The lowest BCUT2D eigenvalue weighted by Crippen LogP contribution is -2.13. The number of hydrogen-bond acceptors (Lipinski definition) is 5. The molecule has 5 nitrogen and oxygen atoms in total. The molecule has 4 N–H and O–H groups in total. The van der Waals surface area contributed by atoms with Gasteiger partial charge in [0.15, 0.2) is 0 Å². The van der Waals surface area contributed by atoms with Gasteiger partial charge in [0.05, 0.1) is 6.10 Å².